The maximum atomic E-state index is 12.2. The number of amides is 3. The van der Waals surface area contributed by atoms with Crippen LogP contribution < -0.4 is 14.8 Å². The van der Waals surface area contributed by atoms with E-state index in [0.717, 1.165) is 10.5 Å². The Bertz CT molecular complexity index is 1000. The van der Waals surface area contributed by atoms with Crippen LogP contribution >= 0.6 is 0 Å². The Morgan fingerprint density at radius 1 is 1.07 bits per heavy atom. The molecule has 1 fully saturated rings. The van der Waals surface area contributed by atoms with E-state index in [0.29, 0.717) is 30.2 Å². The van der Waals surface area contributed by atoms with E-state index in [-0.39, 0.29) is 23.9 Å². The molecule has 30 heavy (non-hydrogen) atoms. The van der Waals surface area contributed by atoms with Crippen molar-refractivity contribution in [1.82, 2.24) is 10.2 Å². The van der Waals surface area contributed by atoms with Gasteiger partial charge in [0.05, 0.1) is 11.5 Å². The van der Waals surface area contributed by atoms with E-state index in [4.69, 9.17) is 9.47 Å². The molecular weight excluding hydrogens is 390 g/mol. The number of benzene rings is 2. The van der Waals surface area contributed by atoms with Gasteiger partial charge in [-0.15, -0.1) is 0 Å². The Morgan fingerprint density at radius 2 is 1.80 bits per heavy atom. The number of nitrogens with zero attached hydrogens (tertiary/aromatic N) is 2. The fourth-order valence-electron chi connectivity index (χ4n) is 2.90. The van der Waals surface area contributed by atoms with Crippen LogP contribution in [0.1, 0.15) is 25.0 Å². The van der Waals surface area contributed by atoms with Crippen molar-refractivity contribution in [2.45, 2.75) is 20.5 Å². The minimum absolute atomic E-state index is 0.0151. The SMILES string of the molecule is CCOc1cc(/C=C2/NC(=O)N(CC)C2=O)ccc1OCc1ccc([N+](=O)[O-])cc1. The zero-order chi connectivity index (χ0) is 21.7. The van der Waals surface area contributed by atoms with Gasteiger partial charge < -0.3 is 14.8 Å². The summed E-state index contributed by atoms with van der Waals surface area (Å²) >= 11 is 0. The lowest BCUT2D eigenvalue weighted by atomic mass is 10.1. The normalized spacial score (nSPS) is 14.7. The quantitative estimate of drug-likeness (QED) is 0.308. The highest BCUT2D eigenvalue weighted by Crippen LogP contribution is 2.30. The molecule has 3 rings (SSSR count). The minimum atomic E-state index is -0.456. The summed E-state index contributed by atoms with van der Waals surface area (Å²) in [6.07, 6.45) is 1.58. The number of likely N-dealkylation sites (N-methyl/N-ethyl adjacent to an activating group) is 1. The summed E-state index contributed by atoms with van der Waals surface area (Å²) in [6.45, 7) is 4.48. The molecule has 3 amide bonds. The van der Waals surface area contributed by atoms with Gasteiger partial charge in [0.15, 0.2) is 11.5 Å². The van der Waals surface area contributed by atoms with Gasteiger partial charge in [-0.1, -0.05) is 6.07 Å². The van der Waals surface area contributed by atoms with Crippen molar-refractivity contribution < 1.29 is 24.0 Å². The van der Waals surface area contributed by atoms with Crippen LogP contribution in [0.25, 0.3) is 6.08 Å². The second-order valence-corrected chi connectivity index (χ2v) is 6.39. The first kappa shape index (κ1) is 20.8. The van der Waals surface area contributed by atoms with Crippen LogP contribution in [0.2, 0.25) is 0 Å². The van der Waals surface area contributed by atoms with Crippen LogP contribution in [0, 0.1) is 10.1 Å². The molecule has 0 atom stereocenters. The van der Waals surface area contributed by atoms with E-state index in [1.165, 1.54) is 12.1 Å². The fourth-order valence-corrected chi connectivity index (χ4v) is 2.90. The van der Waals surface area contributed by atoms with Crippen molar-refractivity contribution in [3.63, 3.8) is 0 Å². The third-order valence-corrected chi connectivity index (χ3v) is 4.40. The molecule has 1 aliphatic rings. The van der Waals surface area contributed by atoms with E-state index in [2.05, 4.69) is 5.32 Å². The van der Waals surface area contributed by atoms with Gasteiger partial charge in [-0.3, -0.25) is 19.8 Å². The number of ether oxygens (including phenoxy) is 2. The van der Waals surface area contributed by atoms with Gasteiger partial charge in [0, 0.05) is 18.7 Å². The van der Waals surface area contributed by atoms with Gasteiger partial charge in [0.25, 0.3) is 11.6 Å². The van der Waals surface area contributed by atoms with Crippen LogP contribution in [-0.4, -0.2) is 34.9 Å². The van der Waals surface area contributed by atoms with Crippen molar-refractivity contribution in [2.75, 3.05) is 13.2 Å². The molecular formula is C21H21N3O6. The second kappa shape index (κ2) is 9.08. The summed E-state index contributed by atoms with van der Waals surface area (Å²) in [7, 11) is 0. The van der Waals surface area contributed by atoms with Crippen molar-refractivity contribution in [1.29, 1.82) is 0 Å². The van der Waals surface area contributed by atoms with E-state index in [1.54, 1.807) is 43.3 Å². The van der Waals surface area contributed by atoms with Crippen LogP contribution in [0.3, 0.4) is 0 Å². The first-order chi connectivity index (χ1) is 14.4. The van der Waals surface area contributed by atoms with Crippen LogP contribution in [0.15, 0.2) is 48.2 Å². The molecule has 0 unspecified atom stereocenters. The average Bonchev–Trinajstić information content (AvgIpc) is 3.00. The predicted octanol–water partition coefficient (Wildman–Crippen LogP) is 3.49. The first-order valence-electron chi connectivity index (χ1n) is 9.40. The number of urea groups is 1. The number of rotatable bonds is 8. The maximum Gasteiger partial charge on any atom is 0.328 e. The standard InChI is InChI=1S/C21H21N3O6/c1-3-23-20(25)17(22-21(23)26)11-15-7-10-18(19(12-15)29-4-2)30-13-14-5-8-16(9-6-14)24(27)28/h5-12H,3-4,13H2,1-2H3,(H,22,26)/b17-11+. The molecule has 0 aliphatic carbocycles. The summed E-state index contributed by atoms with van der Waals surface area (Å²) in [5.41, 5.74) is 1.65. The third kappa shape index (κ3) is 4.57. The molecule has 0 radical (unpaired) electrons. The summed E-state index contributed by atoms with van der Waals surface area (Å²) in [6, 6.07) is 10.8. The Labute approximate surface area is 173 Å². The van der Waals surface area contributed by atoms with Crippen molar-refractivity contribution in [2.24, 2.45) is 0 Å². The summed E-state index contributed by atoms with van der Waals surface area (Å²) in [4.78, 5) is 35.4. The Hall–Kier alpha value is -3.88. The number of non-ortho nitro benzene ring substituents is 1. The topological polar surface area (TPSA) is 111 Å². The molecule has 0 aromatic heterocycles. The average molecular weight is 411 g/mol. The van der Waals surface area contributed by atoms with Crippen molar-refractivity contribution in [3.8, 4) is 11.5 Å². The maximum absolute atomic E-state index is 12.2. The van der Waals surface area contributed by atoms with E-state index < -0.39 is 11.0 Å². The molecule has 0 bridgehead atoms. The molecule has 1 N–H and O–H groups in total. The Morgan fingerprint density at radius 3 is 2.40 bits per heavy atom. The molecule has 156 valence electrons. The minimum Gasteiger partial charge on any atom is -0.490 e. The van der Waals surface area contributed by atoms with Gasteiger partial charge in [-0.2, -0.15) is 0 Å². The zero-order valence-electron chi connectivity index (χ0n) is 16.6. The van der Waals surface area contributed by atoms with Gasteiger partial charge in [-0.25, -0.2) is 4.79 Å². The number of imide groups is 1. The molecule has 2 aromatic carbocycles. The largest absolute Gasteiger partial charge is 0.490 e. The predicted molar refractivity (Wildman–Crippen MR) is 109 cm³/mol. The summed E-state index contributed by atoms with van der Waals surface area (Å²) < 4.78 is 11.5. The number of nitro groups is 1. The van der Waals surface area contributed by atoms with Crippen LogP contribution in [0.4, 0.5) is 10.5 Å². The van der Waals surface area contributed by atoms with Gasteiger partial charge in [0.2, 0.25) is 0 Å². The van der Waals surface area contributed by atoms with Gasteiger partial charge >= 0.3 is 6.03 Å². The molecule has 1 aliphatic heterocycles. The number of carbonyl (C=O) groups is 2. The van der Waals surface area contributed by atoms with Crippen LogP contribution in [0.5, 0.6) is 11.5 Å². The number of hydrogen-bond donors (Lipinski definition) is 1. The number of nitrogens with one attached hydrogen (secondary N) is 1. The van der Waals surface area contributed by atoms with Crippen LogP contribution in [-0.2, 0) is 11.4 Å². The highest BCUT2D eigenvalue weighted by molar-refractivity contribution is 6.13. The second-order valence-electron chi connectivity index (χ2n) is 6.39. The van der Waals surface area contributed by atoms with E-state index in [9.17, 15) is 19.7 Å². The van der Waals surface area contributed by atoms with Gasteiger partial charge in [0.1, 0.15) is 12.3 Å². The molecule has 9 nitrogen and oxygen atoms in total. The highest BCUT2D eigenvalue weighted by atomic mass is 16.6. The highest BCUT2D eigenvalue weighted by Gasteiger charge is 2.32. The Kier molecular flexibility index (Phi) is 6.31. The summed E-state index contributed by atoms with van der Waals surface area (Å²) in [5, 5.41) is 13.3. The molecule has 1 saturated heterocycles. The molecule has 0 spiro atoms. The number of nitro benzene ring substituents is 1. The molecule has 2 aromatic rings. The van der Waals surface area contributed by atoms with Gasteiger partial charge in [-0.05, 0) is 55.3 Å². The lowest BCUT2D eigenvalue weighted by Gasteiger charge is -2.13. The third-order valence-electron chi connectivity index (χ3n) is 4.40. The first-order valence-corrected chi connectivity index (χ1v) is 9.40. The van der Waals surface area contributed by atoms with Crippen molar-refractivity contribution in [3.05, 3.63) is 69.4 Å². The molecule has 0 saturated carbocycles. The Balaban J connectivity index is 1.76. The molecule has 1 heterocycles. The van der Waals surface area contributed by atoms with E-state index in [1.807, 2.05) is 6.92 Å². The molecule has 9 heteroatoms. The summed E-state index contributed by atoms with van der Waals surface area (Å²) in [5.74, 6) is 0.603. The number of hydrogen-bond acceptors (Lipinski definition) is 6. The lowest BCUT2D eigenvalue weighted by Crippen LogP contribution is -2.30. The van der Waals surface area contributed by atoms with Crippen molar-refractivity contribution >= 4 is 23.7 Å². The smallest absolute Gasteiger partial charge is 0.328 e. The number of carbonyl (C=O) groups excluding carboxylic acids is 2. The monoisotopic (exact) mass is 411 g/mol. The van der Waals surface area contributed by atoms with E-state index >= 15 is 0 Å². The lowest BCUT2D eigenvalue weighted by molar-refractivity contribution is -0.384. The fraction of sp³-hybridized carbons (Fsp3) is 0.238. The zero-order valence-corrected chi connectivity index (χ0v) is 16.6.